The van der Waals surface area contributed by atoms with Gasteiger partial charge in [0, 0.05) is 6.04 Å². The fourth-order valence-electron chi connectivity index (χ4n) is 2.85. The summed E-state index contributed by atoms with van der Waals surface area (Å²) in [6.45, 7) is 3.45. The molecule has 0 aromatic heterocycles. The summed E-state index contributed by atoms with van der Waals surface area (Å²) in [5.74, 6) is 0. The van der Waals surface area contributed by atoms with E-state index in [1.54, 1.807) is 0 Å². The molecule has 2 heteroatoms. The van der Waals surface area contributed by atoms with Crippen LogP contribution >= 0.6 is 0 Å². The van der Waals surface area contributed by atoms with Crippen LogP contribution in [0.3, 0.4) is 0 Å². The molecule has 0 unspecified atom stereocenters. The van der Waals surface area contributed by atoms with Gasteiger partial charge in [-0.3, -0.25) is 0 Å². The molecule has 1 rings (SSSR count). The molecule has 0 saturated heterocycles. The molecule has 1 saturated carbocycles. The van der Waals surface area contributed by atoms with Crippen molar-refractivity contribution in [2.45, 2.75) is 96.1 Å². The Hall–Kier alpha value is -0.0800. The zero-order chi connectivity index (χ0) is 13.1. The molecule has 0 radical (unpaired) electrons. The number of nitrogens with one attached hydrogen (secondary N) is 1. The van der Waals surface area contributed by atoms with E-state index < -0.39 is 0 Å². The van der Waals surface area contributed by atoms with E-state index in [9.17, 15) is 5.11 Å². The van der Waals surface area contributed by atoms with Gasteiger partial charge in [0.05, 0.1) is 6.10 Å². The van der Waals surface area contributed by atoms with Gasteiger partial charge in [0.2, 0.25) is 0 Å². The summed E-state index contributed by atoms with van der Waals surface area (Å²) in [5.41, 5.74) is 0. The van der Waals surface area contributed by atoms with Gasteiger partial charge in [0.25, 0.3) is 0 Å². The van der Waals surface area contributed by atoms with E-state index in [-0.39, 0.29) is 6.10 Å². The predicted molar refractivity (Wildman–Crippen MR) is 78.9 cm³/mol. The largest absolute Gasteiger partial charge is 0.393 e. The third kappa shape index (κ3) is 8.10. The molecule has 1 fully saturated rings. The molecule has 2 nitrogen and oxygen atoms in total. The molecule has 0 aromatic rings. The molecule has 2 N–H and O–H groups in total. The highest BCUT2D eigenvalue weighted by atomic mass is 16.3. The maximum atomic E-state index is 9.43. The Morgan fingerprint density at radius 1 is 0.833 bits per heavy atom. The molecule has 0 aromatic carbocycles. The molecule has 0 heterocycles. The quantitative estimate of drug-likeness (QED) is 0.578. The van der Waals surface area contributed by atoms with Crippen LogP contribution in [0, 0.1) is 0 Å². The molecule has 108 valence electrons. The van der Waals surface area contributed by atoms with Crippen molar-refractivity contribution in [2.75, 3.05) is 6.54 Å². The maximum Gasteiger partial charge on any atom is 0.0541 e. The van der Waals surface area contributed by atoms with Gasteiger partial charge >= 0.3 is 0 Å². The molecule has 0 bridgehead atoms. The average Bonchev–Trinajstić information content (AvgIpc) is 2.39. The zero-order valence-electron chi connectivity index (χ0n) is 12.3. The maximum absolute atomic E-state index is 9.43. The second-order valence-corrected chi connectivity index (χ2v) is 5.93. The Balaban J connectivity index is 1.78. The van der Waals surface area contributed by atoms with Crippen LogP contribution in [0.1, 0.15) is 84.0 Å². The van der Waals surface area contributed by atoms with Crippen molar-refractivity contribution in [3.05, 3.63) is 0 Å². The number of rotatable bonds is 10. The van der Waals surface area contributed by atoms with E-state index in [0.29, 0.717) is 6.04 Å². The lowest BCUT2D eigenvalue weighted by Gasteiger charge is -2.26. The molecule has 18 heavy (non-hydrogen) atoms. The molecular formula is C16H33NO. The Kier molecular flexibility index (Phi) is 9.59. The monoisotopic (exact) mass is 255 g/mol. The third-order valence-corrected chi connectivity index (χ3v) is 4.16. The minimum Gasteiger partial charge on any atom is -0.393 e. The Morgan fingerprint density at radius 3 is 2.00 bits per heavy atom. The summed E-state index contributed by atoms with van der Waals surface area (Å²) in [6.07, 6.45) is 15.5. The second-order valence-electron chi connectivity index (χ2n) is 5.93. The highest BCUT2D eigenvalue weighted by molar-refractivity contribution is 4.76. The Morgan fingerprint density at radius 2 is 1.39 bits per heavy atom. The minimum absolute atomic E-state index is 0.0221. The topological polar surface area (TPSA) is 32.3 Å². The number of aliphatic hydroxyl groups excluding tert-OH is 1. The van der Waals surface area contributed by atoms with Crippen LogP contribution in [0.5, 0.6) is 0 Å². The molecule has 0 spiro atoms. The summed E-state index contributed by atoms with van der Waals surface area (Å²) >= 11 is 0. The first-order valence-electron chi connectivity index (χ1n) is 8.24. The predicted octanol–water partition coefficient (Wildman–Crippen LogP) is 4.02. The van der Waals surface area contributed by atoms with E-state index in [2.05, 4.69) is 12.2 Å². The van der Waals surface area contributed by atoms with Crippen LogP contribution in [0.4, 0.5) is 0 Å². The van der Waals surface area contributed by atoms with E-state index in [1.165, 1.54) is 57.9 Å². The lowest BCUT2D eigenvalue weighted by atomic mass is 9.93. The first-order chi connectivity index (χ1) is 8.83. The molecule has 0 amide bonds. The Bertz CT molecular complexity index is 176. The summed E-state index contributed by atoms with van der Waals surface area (Å²) < 4.78 is 0. The van der Waals surface area contributed by atoms with Gasteiger partial charge in [-0.15, -0.1) is 0 Å². The van der Waals surface area contributed by atoms with Gasteiger partial charge < -0.3 is 10.4 Å². The van der Waals surface area contributed by atoms with Gasteiger partial charge in [-0.1, -0.05) is 51.9 Å². The summed E-state index contributed by atoms with van der Waals surface area (Å²) in [4.78, 5) is 0. The summed E-state index contributed by atoms with van der Waals surface area (Å²) in [5, 5.41) is 13.1. The first-order valence-corrected chi connectivity index (χ1v) is 8.24. The Labute approximate surface area is 114 Å². The standard InChI is InChI=1S/C16H33NO/c1-2-3-4-5-6-7-8-9-14-17-15-10-12-16(18)13-11-15/h15-18H,2-14H2,1H3. The van der Waals surface area contributed by atoms with Gasteiger partial charge in [-0.05, 0) is 38.6 Å². The van der Waals surface area contributed by atoms with Crippen molar-refractivity contribution in [3.8, 4) is 0 Å². The zero-order valence-corrected chi connectivity index (χ0v) is 12.3. The number of hydrogen-bond donors (Lipinski definition) is 2. The van der Waals surface area contributed by atoms with Crippen LogP contribution in [0.15, 0.2) is 0 Å². The van der Waals surface area contributed by atoms with Gasteiger partial charge in [0.1, 0.15) is 0 Å². The lowest BCUT2D eigenvalue weighted by Crippen LogP contribution is -2.35. The lowest BCUT2D eigenvalue weighted by molar-refractivity contribution is 0.117. The minimum atomic E-state index is -0.0221. The van der Waals surface area contributed by atoms with E-state index in [4.69, 9.17) is 0 Å². The fourth-order valence-corrected chi connectivity index (χ4v) is 2.85. The number of hydrogen-bond acceptors (Lipinski definition) is 2. The van der Waals surface area contributed by atoms with Gasteiger partial charge in [-0.2, -0.15) is 0 Å². The van der Waals surface area contributed by atoms with Crippen LogP contribution in [-0.4, -0.2) is 23.8 Å². The molecule has 0 aliphatic heterocycles. The van der Waals surface area contributed by atoms with Crippen LogP contribution in [-0.2, 0) is 0 Å². The summed E-state index contributed by atoms with van der Waals surface area (Å²) in [6, 6.07) is 0.679. The van der Waals surface area contributed by atoms with Crippen LogP contribution in [0.25, 0.3) is 0 Å². The summed E-state index contributed by atoms with van der Waals surface area (Å²) in [7, 11) is 0. The molecule has 0 atom stereocenters. The highest BCUT2D eigenvalue weighted by Gasteiger charge is 2.18. The fraction of sp³-hybridized carbons (Fsp3) is 1.00. The normalized spacial score (nSPS) is 24.3. The molecule has 1 aliphatic rings. The van der Waals surface area contributed by atoms with E-state index in [1.807, 2.05) is 0 Å². The van der Waals surface area contributed by atoms with Crippen LogP contribution < -0.4 is 5.32 Å². The number of unbranched alkanes of at least 4 members (excludes halogenated alkanes) is 7. The smallest absolute Gasteiger partial charge is 0.0541 e. The SMILES string of the molecule is CCCCCCCCCCNC1CCC(O)CC1. The molecule has 1 aliphatic carbocycles. The van der Waals surface area contributed by atoms with Crippen LogP contribution in [0.2, 0.25) is 0 Å². The van der Waals surface area contributed by atoms with Crippen molar-refractivity contribution in [3.63, 3.8) is 0 Å². The van der Waals surface area contributed by atoms with Crippen molar-refractivity contribution < 1.29 is 5.11 Å². The van der Waals surface area contributed by atoms with Gasteiger partial charge in [-0.25, -0.2) is 0 Å². The van der Waals surface area contributed by atoms with E-state index >= 15 is 0 Å². The van der Waals surface area contributed by atoms with Gasteiger partial charge in [0.15, 0.2) is 0 Å². The van der Waals surface area contributed by atoms with Crippen molar-refractivity contribution >= 4 is 0 Å². The van der Waals surface area contributed by atoms with E-state index in [0.717, 1.165) is 25.7 Å². The highest BCUT2D eigenvalue weighted by Crippen LogP contribution is 2.18. The average molecular weight is 255 g/mol. The second kappa shape index (κ2) is 10.8. The van der Waals surface area contributed by atoms with Crippen molar-refractivity contribution in [2.24, 2.45) is 0 Å². The first kappa shape index (κ1) is 16.0. The van der Waals surface area contributed by atoms with Crippen molar-refractivity contribution in [1.29, 1.82) is 0 Å². The number of aliphatic hydroxyl groups is 1. The third-order valence-electron chi connectivity index (χ3n) is 4.16. The van der Waals surface area contributed by atoms with Crippen molar-refractivity contribution in [1.82, 2.24) is 5.32 Å². The molecular weight excluding hydrogens is 222 g/mol.